The minimum Gasteiger partial charge on any atom is -0.475 e. The van der Waals surface area contributed by atoms with Crippen LogP contribution in [0.3, 0.4) is 0 Å². The lowest BCUT2D eigenvalue weighted by molar-refractivity contribution is -0.193. The molecule has 0 aliphatic heterocycles. The summed E-state index contributed by atoms with van der Waals surface area (Å²) in [5.74, 6) is -4.70. The molecule has 0 atom stereocenters. The summed E-state index contributed by atoms with van der Waals surface area (Å²) in [6.07, 6.45) is -8.42. The molecule has 208 valence electrons. The maximum atomic E-state index is 10.6. The molecule has 4 rings (SSSR count). The molecule has 0 saturated heterocycles. The molecule has 0 unspecified atom stereocenters. The number of imidazole rings is 1. The Kier molecular flexibility index (Phi) is 10.7. The van der Waals surface area contributed by atoms with E-state index >= 15 is 0 Å². The number of aromatic nitrogens is 3. The number of carboxylic acids is 2. The number of halogens is 8. The van der Waals surface area contributed by atoms with E-state index in [4.69, 9.17) is 31.4 Å². The number of nitrogens with zero attached hydrogens (tertiary/aromatic N) is 2. The quantitative estimate of drug-likeness (QED) is 0.178. The normalized spacial score (nSPS) is 11.1. The Morgan fingerprint density at radius 3 is 1.92 bits per heavy atom. The number of benzene rings is 2. The zero-order valence-electron chi connectivity index (χ0n) is 19.1. The number of rotatable bonds is 4. The van der Waals surface area contributed by atoms with Gasteiger partial charge in [0.15, 0.2) is 5.65 Å². The summed E-state index contributed by atoms with van der Waals surface area (Å²) in [6, 6.07) is 18.0. The number of hydrogen-bond donors (Lipinski definition) is 4. The maximum absolute atomic E-state index is 10.6. The van der Waals surface area contributed by atoms with E-state index in [2.05, 4.69) is 36.2 Å². The summed E-state index contributed by atoms with van der Waals surface area (Å²) in [5.41, 5.74) is 4.88. The highest BCUT2D eigenvalue weighted by molar-refractivity contribution is 9.10. The monoisotopic (exact) mass is 640 g/mol. The highest BCUT2D eigenvalue weighted by Gasteiger charge is 2.38. The van der Waals surface area contributed by atoms with Crippen molar-refractivity contribution in [2.75, 3.05) is 5.32 Å². The van der Waals surface area contributed by atoms with Crippen molar-refractivity contribution in [1.29, 1.82) is 0 Å². The third-order valence-electron chi connectivity index (χ3n) is 4.36. The lowest BCUT2D eigenvalue weighted by atomic mass is 10.2. The van der Waals surface area contributed by atoms with Gasteiger partial charge in [-0.1, -0.05) is 23.7 Å². The molecular weight excluding hydrogens is 626 g/mol. The number of H-pyrrole nitrogens is 1. The molecule has 0 bridgehead atoms. The Hall–Kier alpha value is -3.85. The van der Waals surface area contributed by atoms with E-state index in [0.717, 1.165) is 38.6 Å². The molecule has 0 spiro atoms. The van der Waals surface area contributed by atoms with Crippen molar-refractivity contribution < 1.29 is 46.1 Å². The van der Waals surface area contributed by atoms with E-state index in [1.54, 1.807) is 6.20 Å². The Balaban J connectivity index is 0.000000317. The second kappa shape index (κ2) is 13.3. The highest BCUT2D eigenvalue weighted by atomic mass is 79.9. The molecule has 0 amide bonds. The number of pyridine rings is 1. The largest absolute Gasteiger partial charge is 0.490 e. The number of hydrogen-bond acceptors (Lipinski definition) is 5. The fourth-order valence-electron chi connectivity index (χ4n) is 2.56. The summed E-state index contributed by atoms with van der Waals surface area (Å²) in [5, 5.41) is 18.4. The first kappa shape index (κ1) is 31.4. The third kappa shape index (κ3) is 10.4. The molecule has 39 heavy (non-hydrogen) atoms. The zero-order valence-corrected chi connectivity index (χ0v) is 21.5. The molecule has 8 nitrogen and oxygen atoms in total. The van der Waals surface area contributed by atoms with Gasteiger partial charge in [0.2, 0.25) is 0 Å². The van der Waals surface area contributed by atoms with Gasteiger partial charge in [-0.05, 0) is 64.0 Å². The summed E-state index contributed by atoms with van der Waals surface area (Å²) in [4.78, 5) is 29.9. The zero-order chi connectivity index (χ0) is 29.4. The molecule has 2 aromatic heterocycles. The number of carbonyl (C=O) groups is 2. The molecule has 2 heterocycles. The van der Waals surface area contributed by atoms with Crippen molar-refractivity contribution in [3.63, 3.8) is 0 Å². The molecule has 0 fully saturated rings. The number of nitrogens with one attached hydrogen (secondary N) is 2. The Morgan fingerprint density at radius 2 is 1.44 bits per heavy atom. The van der Waals surface area contributed by atoms with Gasteiger partial charge in [0.1, 0.15) is 5.82 Å². The van der Waals surface area contributed by atoms with Crippen molar-refractivity contribution in [2.24, 2.45) is 0 Å². The standard InChI is InChI=1S/C19H14BrClN4.2C2HF3O2/c20-14-9-17-19(23-11-14)25-18(24-17)13-3-7-16(8-4-13)22-10-12-1-5-15(21)6-2-12;2*3-2(4,5)1(6)7/h1-9,11,22H,10H2,(H,23,24,25);2*(H,6,7). The van der Waals surface area contributed by atoms with Crippen LogP contribution >= 0.6 is 27.5 Å². The SMILES string of the molecule is Clc1ccc(CNc2ccc(-c3nc4ncc(Br)cc4[nH]3)cc2)cc1.O=C(O)C(F)(F)F.O=C(O)C(F)(F)F. The minimum absolute atomic E-state index is 0.711. The highest BCUT2D eigenvalue weighted by Crippen LogP contribution is 2.23. The maximum Gasteiger partial charge on any atom is 0.490 e. The van der Waals surface area contributed by atoms with Crippen molar-refractivity contribution in [3.8, 4) is 11.4 Å². The first-order chi connectivity index (χ1) is 18.1. The number of anilines is 1. The van der Waals surface area contributed by atoms with Crippen LogP contribution in [-0.2, 0) is 16.1 Å². The van der Waals surface area contributed by atoms with Crippen LogP contribution < -0.4 is 5.32 Å². The molecule has 0 aliphatic carbocycles. The predicted octanol–water partition coefficient (Wildman–Crippen LogP) is 6.92. The van der Waals surface area contributed by atoms with E-state index in [9.17, 15) is 26.3 Å². The lowest BCUT2D eigenvalue weighted by Gasteiger charge is -2.07. The van der Waals surface area contributed by atoms with Gasteiger partial charge in [-0.2, -0.15) is 26.3 Å². The van der Waals surface area contributed by atoms with Gasteiger partial charge in [0, 0.05) is 33.5 Å². The van der Waals surface area contributed by atoms with Crippen LogP contribution in [0.1, 0.15) is 5.56 Å². The van der Waals surface area contributed by atoms with Crippen LogP contribution in [0.5, 0.6) is 0 Å². The molecule has 0 radical (unpaired) electrons. The van der Waals surface area contributed by atoms with Crippen molar-refractivity contribution >= 4 is 56.3 Å². The Morgan fingerprint density at radius 1 is 0.923 bits per heavy atom. The van der Waals surface area contributed by atoms with Gasteiger partial charge in [0.05, 0.1) is 5.52 Å². The van der Waals surface area contributed by atoms with Crippen LogP contribution in [0, 0.1) is 0 Å². The van der Waals surface area contributed by atoms with Gasteiger partial charge in [0.25, 0.3) is 0 Å². The Bertz CT molecular complexity index is 1390. The first-order valence-electron chi connectivity index (χ1n) is 10.3. The molecule has 4 N–H and O–H groups in total. The number of carboxylic acid groups (broad SMARTS) is 2. The summed E-state index contributed by atoms with van der Waals surface area (Å²) in [6.45, 7) is 0.749. The van der Waals surface area contributed by atoms with Gasteiger partial charge >= 0.3 is 24.3 Å². The second-order valence-corrected chi connectivity index (χ2v) is 8.63. The summed E-state index contributed by atoms with van der Waals surface area (Å²) >= 11 is 9.33. The van der Waals surface area contributed by atoms with Gasteiger partial charge in [-0.15, -0.1) is 0 Å². The van der Waals surface area contributed by atoms with Crippen LogP contribution in [-0.4, -0.2) is 49.5 Å². The molecule has 4 aromatic rings. The van der Waals surface area contributed by atoms with E-state index in [0.29, 0.717) is 5.65 Å². The van der Waals surface area contributed by atoms with E-state index in [1.807, 2.05) is 54.6 Å². The van der Waals surface area contributed by atoms with E-state index < -0.39 is 24.3 Å². The molecule has 2 aromatic carbocycles. The van der Waals surface area contributed by atoms with Crippen molar-refractivity contribution in [2.45, 2.75) is 18.9 Å². The number of fused-ring (bicyclic) bond motifs is 1. The summed E-state index contributed by atoms with van der Waals surface area (Å²) < 4.78 is 64.4. The van der Waals surface area contributed by atoms with Crippen molar-refractivity contribution in [1.82, 2.24) is 15.0 Å². The first-order valence-corrected chi connectivity index (χ1v) is 11.4. The average Bonchev–Trinajstić information content (AvgIpc) is 3.27. The van der Waals surface area contributed by atoms with Gasteiger partial charge < -0.3 is 20.5 Å². The topological polar surface area (TPSA) is 128 Å². The third-order valence-corrected chi connectivity index (χ3v) is 5.04. The molecular formula is C23H16BrClF6N4O4. The van der Waals surface area contributed by atoms with E-state index in [1.165, 1.54) is 5.56 Å². The summed E-state index contributed by atoms with van der Waals surface area (Å²) in [7, 11) is 0. The number of aromatic amines is 1. The van der Waals surface area contributed by atoms with E-state index in [-0.39, 0.29) is 0 Å². The van der Waals surface area contributed by atoms with Gasteiger partial charge in [-0.3, -0.25) is 0 Å². The molecule has 0 aliphatic rings. The van der Waals surface area contributed by atoms with Crippen LogP contribution in [0.2, 0.25) is 5.02 Å². The number of aliphatic carboxylic acids is 2. The fourth-order valence-corrected chi connectivity index (χ4v) is 3.02. The molecule has 16 heteroatoms. The smallest absolute Gasteiger partial charge is 0.475 e. The van der Waals surface area contributed by atoms with Crippen molar-refractivity contribution in [3.05, 3.63) is 75.9 Å². The van der Waals surface area contributed by atoms with Gasteiger partial charge in [-0.25, -0.2) is 19.6 Å². The van der Waals surface area contributed by atoms with Crippen LogP contribution in [0.15, 0.2) is 65.3 Å². The van der Waals surface area contributed by atoms with Crippen LogP contribution in [0.25, 0.3) is 22.6 Å². The fraction of sp³-hybridized carbons (Fsp3) is 0.130. The lowest BCUT2D eigenvalue weighted by Crippen LogP contribution is -2.21. The molecule has 0 saturated carbocycles. The van der Waals surface area contributed by atoms with Crippen LogP contribution in [0.4, 0.5) is 32.0 Å². The average molecular weight is 642 g/mol. The minimum atomic E-state index is -5.08. The number of alkyl halides is 6. The second-order valence-electron chi connectivity index (χ2n) is 7.27. The Labute approximate surface area is 228 Å². The predicted molar refractivity (Wildman–Crippen MR) is 133 cm³/mol.